The minimum Gasteiger partial charge on any atom is -0.348 e. The van der Waals surface area contributed by atoms with E-state index in [1.54, 1.807) is 0 Å². The molecule has 1 aliphatic carbocycles. The minimum absolute atomic E-state index is 0.129. The van der Waals surface area contributed by atoms with Gasteiger partial charge in [-0.2, -0.15) is 0 Å². The van der Waals surface area contributed by atoms with Crippen molar-refractivity contribution in [1.82, 2.24) is 4.57 Å². The summed E-state index contributed by atoms with van der Waals surface area (Å²) in [6.07, 6.45) is 1.25. The Morgan fingerprint density at radius 1 is 1.00 bits per heavy atom. The minimum atomic E-state index is -2.71. The van der Waals surface area contributed by atoms with Crippen molar-refractivity contribution in [2.75, 3.05) is 0 Å². The molecule has 0 fully saturated rings. The Balaban J connectivity index is 2.99. The van der Waals surface area contributed by atoms with Crippen LogP contribution in [0.5, 0.6) is 0 Å². The largest absolute Gasteiger partial charge is 0.348 e. The Bertz CT molecular complexity index is 721. The zero-order chi connectivity index (χ0) is 19.3. The van der Waals surface area contributed by atoms with Crippen LogP contribution in [-0.2, 0) is 6.54 Å². The van der Waals surface area contributed by atoms with E-state index >= 15 is 0 Å². The molecule has 102 valence electrons. The first-order chi connectivity index (χ1) is 11.3. The van der Waals surface area contributed by atoms with E-state index in [4.69, 9.17) is 8.22 Å². The van der Waals surface area contributed by atoms with Gasteiger partial charge in [0.15, 0.2) is 11.6 Å². The summed E-state index contributed by atoms with van der Waals surface area (Å²) in [6.45, 7) is -0.477. The summed E-state index contributed by atoms with van der Waals surface area (Å²) in [5.41, 5.74) is -0.898. The first-order valence-electron chi connectivity index (χ1n) is 9.38. The summed E-state index contributed by atoms with van der Waals surface area (Å²) in [7, 11) is 0. The number of aromatic nitrogens is 1. The molecule has 0 saturated heterocycles. The average molecular weight is 265 g/mol. The summed E-state index contributed by atoms with van der Waals surface area (Å²) < 4.78 is 48.1. The molecule has 0 N–H and O–H groups in total. The third-order valence-corrected chi connectivity index (χ3v) is 3.70. The molecule has 1 aromatic heterocycles. The third kappa shape index (κ3) is 1.88. The van der Waals surface area contributed by atoms with Crippen molar-refractivity contribution in [2.24, 2.45) is 0 Å². The fourth-order valence-electron chi connectivity index (χ4n) is 2.32. The highest BCUT2D eigenvalue weighted by Gasteiger charge is 2.33. The molecule has 1 heterocycles. The summed E-state index contributed by atoms with van der Waals surface area (Å²) in [4.78, 5) is 25.5. The Kier molecular flexibility index (Phi) is 1.98. The van der Waals surface area contributed by atoms with Crippen LogP contribution in [-0.4, -0.2) is 16.1 Å². The molecular formula is C16H21NO2. The number of carbonyl (C=O) groups excluding carboxylic acids is 2. The molecule has 3 heteroatoms. The van der Waals surface area contributed by atoms with Crippen molar-refractivity contribution >= 4 is 11.6 Å². The third-order valence-electron chi connectivity index (χ3n) is 3.70. The van der Waals surface area contributed by atoms with Gasteiger partial charge in [0.05, 0.1) is 11.1 Å². The van der Waals surface area contributed by atoms with Crippen LogP contribution < -0.4 is 0 Å². The fourth-order valence-corrected chi connectivity index (χ4v) is 2.32. The number of Topliss-reactive ketones (excluding diaryl/α,β-unsaturated/α-hetero) is 2. The highest BCUT2D eigenvalue weighted by Crippen LogP contribution is 2.32. The zero-order valence-electron chi connectivity index (χ0n) is 17.4. The van der Waals surface area contributed by atoms with Crippen LogP contribution in [0.1, 0.15) is 73.9 Å². The van der Waals surface area contributed by atoms with Crippen LogP contribution in [0, 0.1) is 13.7 Å². The second kappa shape index (κ2) is 4.80. The normalized spacial score (nSPS) is 21.2. The van der Waals surface area contributed by atoms with Crippen LogP contribution in [0.3, 0.4) is 0 Å². The van der Waals surface area contributed by atoms with E-state index in [1.165, 1.54) is 13.8 Å². The number of allylic oxidation sites excluding steroid dienone is 2. The monoisotopic (exact) mass is 265 g/mol. The first-order valence-corrected chi connectivity index (χ1v) is 6.38. The van der Waals surface area contributed by atoms with Crippen molar-refractivity contribution < 1.29 is 17.8 Å². The molecule has 0 spiro atoms. The Hall–Kier alpha value is -1.64. The molecule has 0 radical (unpaired) electrons. The van der Waals surface area contributed by atoms with Crippen LogP contribution in [0.25, 0.3) is 0 Å². The molecule has 0 unspecified atom stereocenters. The maximum atomic E-state index is 12.7. The van der Waals surface area contributed by atoms with Crippen LogP contribution in [0.15, 0.2) is 11.1 Å². The van der Waals surface area contributed by atoms with Gasteiger partial charge >= 0.3 is 0 Å². The molecule has 0 atom stereocenters. The molecule has 0 aliphatic heterocycles. The molecular weight excluding hydrogens is 238 g/mol. The predicted octanol–water partition coefficient (Wildman–Crippen LogP) is 3.62. The lowest BCUT2D eigenvalue weighted by Gasteiger charge is -2.14. The SMILES string of the molecule is [2H]C([2H])([2H])c1c2c(c(C([2H])([2H])[2H])n1CCCC)C(=O)C(C)=C(C)C2=O. The maximum Gasteiger partial charge on any atom is 0.191 e. The molecule has 1 aliphatic rings. The average Bonchev–Trinajstić information content (AvgIpc) is 2.84. The van der Waals surface area contributed by atoms with E-state index < -0.39 is 25.3 Å². The molecule has 1 aromatic rings. The van der Waals surface area contributed by atoms with Crippen molar-refractivity contribution in [3.05, 3.63) is 33.7 Å². The Morgan fingerprint density at radius 3 is 1.84 bits per heavy atom. The quantitative estimate of drug-likeness (QED) is 0.837. The molecule has 3 nitrogen and oxygen atoms in total. The van der Waals surface area contributed by atoms with Crippen molar-refractivity contribution in [3.63, 3.8) is 0 Å². The van der Waals surface area contributed by atoms with E-state index in [1.807, 2.05) is 6.92 Å². The fraction of sp³-hybridized carbons (Fsp3) is 0.500. The lowest BCUT2D eigenvalue weighted by atomic mass is 9.86. The van der Waals surface area contributed by atoms with E-state index in [-0.39, 0.29) is 40.2 Å². The maximum absolute atomic E-state index is 12.7. The Morgan fingerprint density at radius 2 is 1.47 bits per heavy atom. The molecule has 2 rings (SSSR count). The molecule has 19 heavy (non-hydrogen) atoms. The highest BCUT2D eigenvalue weighted by atomic mass is 16.1. The van der Waals surface area contributed by atoms with Crippen LogP contribution in [0.4, 0.5) is 0 Å². The van der Waals surface area contributed by atoms with Gasteiger partial charge in [0.2, 0.25) is 0 Å². The van der Waals surface area contributed by atoms with Gasteiger partial charge in [0.1, 0.15) is 0 Å². The summed E-state index contributed by atoms with van der Waals surface area (Å²) >= 11 is 0. The van der Waals surface area contributed by atoms with Crippen molar-refractivity contribution in [3.8, 4) is 0 Å². The van der Waals surface area contributed by atoms with Crippen molar-refractivity contribution in [2.45, 2.75) is 53.9 Å². The number of fused-ring (bicyclic) bond motifs is 1. The molecule has 0 amide bonds. The van der Waals surface area contributed by atoms with Gasteiger partial charge < -0.3 is 4.57 Å². The number of ketones is 2. The standard InChI is InChI=1S/C16H21NO2/c1-6-7-8-17-11(4)13-14(12(17)5)16(19)10(3)9(2)15(13)18/h6-8H2,1-5H3/i4D3,5D3. The van der Waals surface area contributed by atoms with Gasteiger partial charge in [0, 0.05) is 37.3 Å². The van der Waals surface area contributed by atoms with Gasteiger partial charge in [-0.25, -0.2) is 0 Å². The van der Waals surface area contributed by atoms with Gasteiger partial charge in [-0.1, -0.05) is 13.3 Å². The zero-order valence-corrected chi connectivity index (χ0v) is 11.4. The van der Waals surface area contributed by atoms with E-state index in [0.717, 1.165) is 4.57 Å². The Labute approximate surface area is 122 Å². The van der Waals surface area contributed by atoms with Gasteiger partial charge in [-0.05, 0) is 34.0 Å². The van der Waals surface area contributed by atoms with Crippen molar-refractivity contribution in [1.29, 1.82) is 0 Å². The smallest absolute Gasteiger partial charge is 0.191 e. The van der Waals surface area contributed by atoms with E-state index in [9.17, 15) is 9.59 Å². The van der Waals surface area contributed by atoms with E-state index in [2.05, 4.69) is 0 Å². The summed E-state index contributed by atoms with van der Waals surface area (Å²) in [5.74, 6) is -1.17. The predicted molar refractivity (Wildman–Crippen MR) is 75.8 cm³/mol. The number of hydrogen-bond donors (Lipinski definition) is 0. The number of hydrogen-bond acceptors (Lipinski definition) is 2. The lowest BCUT2D eigenvalue weighted by molar-refractivity contribution is 0.0975. The second-order valence-corrected chi connectivity index (χ2v) is 4.86. The van der Waals surface area contributed by atoms with Crippen LogP contribution >= 0.6 is 0 Å². The number of rotatable bonds is 3. The first kappa shape index (κ1) is 7.83. The van der Waals surface area contributed by atoms with E-state index in [0.29, 0.717) is 12.8 Å². The second-order valence-electron chi connectivity index (χ2n) is 4.86. The topological polar surface area (TPSA) is 39.1 Å². The molecule has 0 saturated carbocycles. The lowest BCUT2D eigenvalue weighted by Crippen LogP contribution is -2.19. The summed E-state index contributed by atoms with van der Waals surface area (Å²) in [5, 5.41) is 0. The number of carbonyl (C=O) groups is 2. The summed E-state index contributed by atoms with van der Waals surface area (Å²) in [6, 6.07) is 0. The number of unbranched alkanes of at least 4 members (excludes halogenated alkanes) is 1. The molecule has 0 aromatic carbocycles. The van der Waals surface area contributed by atoms with Gasteiger partial charge in [-0.3, -0.25) is 9.59 Å². The van der Waals surface area contributed by atoms with Gasteiger partial charge in [-0.15, -0.1) is 0 Å². The molecule has 0 bridgehead atoms. The van der Waals surface area contributed by atoms with Gasteiger partial charge in [0.25, 0.3) is 0 Å². The highest BCUT2D eigenvalue weighted by molar-refractivity contribution is 6.27. The van der Waals surface area contributed by atoms with Crippen LogP contribution in [0.2, 0.25) is 0 Å². The number of nitrogens with zero attached hydrogens (tertiary/aromatic N) is 1.